The van der Waals surface area contributed by atoms with Crippen LogP contribution < -0.4 is 5.32 Å². The van der Waals surface area contributed by atoms with Crippen LogP contribution in [0.25, 0.3) is 0 Å². The summed E-state index contributed by atoms with van der Waals surface area (Å²) in [5, 5.41) is 6.66. The average Bonchev–Trinajstić information content (AvgIpc) is 2.85. The molecule has 14 heavy (non-hydrogen) atoms. The number of thioether (sulfide) groups is 1. The van der Waals surface area contributed by atoms with E-state index in [0.29, 0.717) is 0 Å². The number of hydrogen-bond donors (Lipinski definition) is 1. The third kappa shape index (κ3) is 2.30. The molecule has 0 fully saturated rings. The Morgan fingerprint density at radius 2 is 2.50 bits per heavy atom. The molecule has 0 spiro atoms. The molecule has 0 aromatic carbocycles. The molecule has 0 amide bonds. The van der Waals surface area contributed by atoms with Crippen LogP contribution >= 0.6 is 23.1 Å². The smallest absolute Gasteiger partial charge is 0.156 e. The Morgan fingerprint density at radius 3 is 3.21 bits per heavy atom. The number of hydrogen-bond acceptors (Lipinski definition) is 4. The monoisotopic (exact) mass is 226 g/mol. The minimum atomic E-state index is 0.937. The van der Waals surface area contributed by atoms with Crippen LogP contribution in [0.1, 0.15) is 17.4 Å². The zero-order valence-corrected chi connectivity index (χ0v) is 9.88. The van der Waals surface area contributed by atoms with Gasteiger partial charge in [0.15, 0.2) is 5.17 Å². The van der Waals surface area contributed by atoms with E-state index in [4.69, 9.17) is 0 Å². The number of amidine groups is 1. The predicted octanol–water partition coefficient (Wildman–Crippen LogP) is 2.50. The van der Waals surface area contributed by atoms with Gasteiger partial charge in [-0.25, -0.2) is 0 Å². The lowest BCUT2D eigenvalue weighted by molar-refractivity contribution is 0.922. The topological polar surface area (TPSA) is 24.4 Å². The van der Waals surface area contributed by atoms with E-state index in [-0.39, 0.29) is 0 Å². The summed E-state index contributed by atoms with van der Waals surface area (Å²) in [4.78, 5) is 5.81. The highest BCUT2D eigenvalue weighted by Crippen LogP contribution is 2.18. The third-order valence-corrected chi connectivity index (χ3v) is 4.10. The van der Waals surface area contributed by atoms with E-state index in [9.17, 15) is 0 Å². The molecule has 2 rings (SSSR count). The average molecular weight is 226 g/mol. The quantitative estimate of drug-likeness (QED) is 0.856. The van der Waals surface area contributed by atoms with Crippen LogP contribution in [0.4, 0.5) is 0 Å². The maximum atomic E-state index is 4.36. The Morgan fingerprint density at radius 1 is 1.57 bits per heavy atom. The van der Waals surface area contributed by atoms with Gasteiger partial charge in [0.1, 0.15) is 0 Å². The summed E-state index contributed by atoms with van der Waals surface area (Å²) in [6.07, 6.45) is 1.13. The van der Waals surface area contributed by atoms with Gasteiger partial charge in [0.2, 0.25) is 0 Å². The maximum absolute atomic E-state index is 4.36. The fourth-order valence-corrected chi connectivity index (χ4v) is 3.08. The summed E-state index contributed by atoms with van der Waals surface area (Å²) < 4.78 is 0. The van der Waals surface area contributed by atoms with Crippen LogP contribution in [0.5, 0.6) is 0 Å². The van der Waals surface area contributed by atoms with E-state index in [1.165, 1.54) is 10.4 Å². The lowest BCUT2D eigenvalue weighted by Gasteiger charge is -2.04. The van der Waals surface area contributed by atoms with Gasteiger partial charge < -0.3 is 5.32 Å². The Hall–Kier alpha value is -0.480. The second-order valence-electron chi connectivity index (χ2n) is 3.11. The van der Waals surface area contributed by atoms with Crippen molar-refractivity contribution in [2.75, 3.05) is 12.3 Å². The molecule has 76 valence electrons. The second-order valence-corrected chi connectivity index (χ2v) is 5.20. The zero-order chi connectivity index (χ0) is 9.80. The first-order valence-electron chi connectivity index (χ1n) is 4.86. The van der Waals surface area contributed by atoms with Crippen molar-refractivity contribution in [1.29, 1.82) is 0 Å². The number of nitrogens with zero attached hydrogens (tertiary/aromatic N) is 1. The highest BCUT2D eigenvalue weighted by atomic mass is 32.2. The molecule has 1 aliphatic rings. The van der Waals surface area contributed by atoms with Gasteiger partial charge in [0, 0.05) is 10.6 Å². The largest absolute Gasteiger partial charge is 0.360 e. The molecule has 1 N–H and O–H groups in total. The van der Waals surface area contributed by atoms with Gasteiger partial charge in [-0.2, -0.15) is 0 Å². The van der Waals surface area contributed by atoms with Crippen LogP contribution in [0, 0.1) is 0 Å². The lowest BCUT2D eigenvalue weighted by Crippen LogP contribution is -2.18. The molecule has 2 nitrogen and oxygen atoms in total. The molecule has 0 bridgehead atoms. The fourth-order valence-electron chi connectivity index (χ4n) is 1.44. The predicted molar refractivity (Wildman–Crippen MR) is 65.3 cm³/mol. The summed E-state index contributed by atoms with van der Waals surface area (Å²) >= 11 is 3.65. The minimum absolute atomic E-state index is 0.937. The molecule has 4 heteroatoms. The summed E-state index contributed by atoms with van der Waals surface area (Å²) in [6.45, 7) is 4.11. The Bertz CT molecular complexity index is 331. The fraction of sp³-hybridized carbons (Fsp3) is 0.500. The van der Waals surface area contributed by atoms with E-state index in [0.717, 1.165) is 30.4 Å². The number of thiophene rings is 1. The summed E-state index contributed by atoms with van der Waals surface area (Å²) in [5.41, 5.74) is 1.46. The summed E-state index contributed by atoms with van der Waals surface area (Å²) in [5.74, 6) is 1.13. The standard InChI is InChI=1S/C10H14N2S2/c1-2-8-3-5-13-9(8)7-12-10-11-4-6-14-10/h3,5H,2,4,6-7H2,1H3,(H,11,12). The van der Waals surface area contributed by atoms with Crippen LogP contribution in [0.2, 0.25) is 0 Å². The lowest BCUT2D eigenvalue weighted by atomic mass is 10.2. The highest BCUT2D eigenvalue weighted by Gasteiger charge is 2.07. The van der Waals surface area contributed by atoms with Crippen LogP contribution in [-0.2, 0) is 13.0 Å². The number of rotatable bonds is 3. The zero-order valence-electron chi connectivity index (χ0n) is 8.25. The van der Waals surface area contributed by atoms with Gasteiger partial charge in [0.05, 0.1) is 13.1 Å². The van der Waals surface area contributed by atoms with E-state index < -0.39 is 0 Å². The molecule has 1 aliphatic heterocycles. The Labute approximate surface area is 92.8 Å². The van der Waals surface area contributed by atoms with Crippen molar-refractivity contribution < 1.29 is 0 Å². The number of nitrogens with one attached hydrogen (secondary N) is 1. The van der Waals surface area contributed by atoms with Crippen molar-refractivity contribution in [1.82, 2.24) is 5.32 Å². The van der Waals surface area contributed by atoms with Crippen molar-refractivity contribution >= 4 is 28.3 Å². The molecule has 0 unspecified atom stereocenters. The SMILES string of the molecule is CCc1ccsc1CNC1=NCCS1. The van der Waals surface area contributed by atoms with Gasteiger partial charge in [0.25, 0.3) is 0 Å². The molecule has 1 aromatic rings. The first-order chi connectivity index (χ1) is 6.90. The van der Waals surface area contributed by atoms with Gasteiger partial charge in [-0.1, -0.05) is 18.7 Å². The molecular weight excluding hydrogens is 212 g/mol. The molecule has 0 saturated heterocycles. The van der Waals surface area contributed by atoms with Crippen molar-refractivity contribution in [3.8, 4) is 0 Å². The van der Waals surface area contributed by atoms with E-state index >= 15 is 0 Å². The van der Waals surface area contributed by atoms with Gasteiger partial charge >= 0.3 is 0 Å². The van der Waals surface area contributed by atoms with Crippen molar-refractivity contribution in [3.63, 3.8) is 0 Å². The second kappa shape index (κ2) is 4.84. The van der Waals surface area contributed by atoms with Crippen LogP contribution in [0.15, 0.2) is 16.4 Å². The Kier molecular flexibility index (Phi) is 3.48. The van der Waals surface area contributed by atoms with Crippen molar-refractivity contribution in [3.05, 3.63) is 21.9 Å². The maximum Gasteiger partial charge on any atom is 0.156 e. The van der Waals surface area contributed by atoms with E-state index in [2.05, 4.69) is 28.7 Å². The normalized spacial score (nSPS) is 15.6. The third-order valence-electron chi connectivity index (χ3n) is 2.20. The number of aryl methyl sites for hydroxylation is 1. The molecule has 0 radical (unpaired) electrons. The van der Waals surface area contributed by atoms with Crippen LogP contribution in [0.3, 0.4) is 0 Å². The van der Waals surface area contributed by atoms with Gasteiger partial charge in [-0.3, -0.25) is 4.99 Å². The first-order valence-corrected chi connectivity index (χ1v) is 6.73. The summed E-state index contributed by atoms with van der Waals surface area (Å²) in [7, 11) is 0. The molecule has 0 atom stereocenters. The molecular formula is C10H14N2S2. The van der Waals surface area contributed by atoms with E-state index in [1.807, 2.05) is 23.1 Å². The highest BCUT2D eigenvalue weighted by molar-refractivity contribution is 8.14. The van der Waals surface area contributed by atoms with Crippen molar-refractivity contribution in [2.24, 2.45) is 4.99 Å². The molecule has 2 heterocycles. The van der Waals surface area contributed by atoms with Gasteiger partial charge in [-0.15, -0.1) is 11.3 Å². The minimum Gasteiger partial charge on any atom is -0.360 e. The summed E-state index contributed by atoms with van der Waals surface area (Å²) in [6, 6.07) is 2.21. The first kappa shape index (κ1) is 10.1. The molecule has 0 aliphatic carbocycles. The number of aliphatic imine (C=N–C) groups is 1. The van der Waals surface area contributed by atoms with Gasteiger partial charge in [-0.05, 0) is 23.4 Å². The van der Waals surface area contributed by atoms with Crippen LogP contribution in [-0.4, -0.2) is 17.5 Å². The molecule has 0 saturated carbocycles. The molecule has 1 aromatic heterocycles. The van der Waals surface area contributed by atoms with E-state index in [1.54, 1.807) is 0 Å². The van der Waals surface area contributed by atoms with Crippen molar-refractivity contribution in [2.45, 2.75) is 19.9 Å². The Balaban J connectivity index is 1.91.